The molecule has 7 heteroatoms. The summed E-state index contributed by atoms with van der Waals surface area (Å²) in [5.74, 6) is 0.0262. The first-order valence-corrected chi connectivity index (χ1v) is 9.96. The molecule has 1 atom stereocenters. The van der Waals surface area contributed by atoms with Gasteiger partial charge in [-0.05, 0) is 44.5 Å². The Kier molecular flexibility index (Phi) is 7.71. The van der Waals surface area contributed by atoms with Gasteiger partial charge in [-0.15, -0.1) is 0 Å². The lowest BCUT2D eigenvalue weighted by molar-refractivity contribution is -0.889. The van der Waals surface area contributed by atoms with Gasteiger partial charge in [-0.2, -0.15) is 0 Å². The van der Waals surface area contributed by atoms with Crippen molar-refractivity contribution >= 4 is 41.1 Å². The Hall–Kier alpha value is -1.56. The van der Waals surface area contributed by atoms with E-state index >= 15 is 0 Å². The van der Waals surface area contributed by atoms with Crippen molar-refractivity contribution in [3.05, 3.63) is 39.9 Å². The van der Waals surface area contributed by atoms with Gasteiger partial charge in [0.2, 0.25) is 5.91 Å². The molecular formula is C20H28Cl2N3O2+. The highest BCUT2D eigenvalue weighted by Gasteiger charge is 2.23. The highest BCUT2D eigenvalue weighted by molar-refractivity contribution is 6.42. The van der Waals surface area contributed by atoms with Gasteiger partial charge in [0.25, 0.3) is 5.91 Å². The third kappa shape index (κ3) is 7.53. The molecule has 1 aromatic rings. The van der Waals surface area contributed by atoms with E-state index in [4.69, 9.17) is 23.2 Å². The molecule has 1 aliphatic rings. The van der Waals surface area contributed by atoms with Gasteiger partial charge >= 0.3 is 0 Å². The molecule has 1 saturated heterocycles. The second-order valence-corrected chi connectivity index (χ2v) is 8.73. The highest BCUT2D eigenvalue weighted by Crippen LogP contribution is 2.23. The summed E-state index contributed by atoms with van der Waals surface area (Å²) < 4.78 is 0. The first-order chi connectivity index (χ1) is 12.6. The molecule has 2 N–H and O–H groups in total. The van der Waals surface area contributed by atoms with Gasteiger partial charge < -0.3 is 15.1 Å². The fourth-order valence-corrected chi connectivity index (χ4v) is 3.33. The summed E-state index contributed by atoms with van der Waals surface area (Å²) in [6.07, 6.45) is 4.19. The van der Waals surface area contributed by atoms with E-state index in [-0.39, 0.29) is 17.4 Å². The van der Waals surface area contributed by atoms with Crippen LogP contribution in [0.5, 0.6) is 0 Å². The van der Waals surface area contributed by atoms with Crippen molar-refractivity contribution in [1.82, 2.24) is 10.2 Å². The van der Waals surface area contributed by atoms with E-state index < -0.39 is 0 Å². The summed E-state index contributed by atoms with van der Waals surface area (Å²) in [6.45, 7) is 9.37. The minimum absolute atomic E-state index is 0.0264. The number of nitrogens with zero attached hydrogens (tertiary/aromatic N) is 1. The van der Waals surface area contributed by atoms with E-state index in [1.807, 2.05) is 31.7 Å². The zero-order valence-corrected chi connectivity index (χ0v) is 17.7. The quantitative estimate of drug-likeness (QED) is 0.743. The zero-order chi connectivity index (χ0) is 20.0. The van der Waals surface area contributed by atoms with Crippen molar-refractivity contribution < 1.29 is 14.5 Å². The number of carbonyl (C=O) groups excluding carboxylic acids is 2. The molecular weight excluding hydrogens is 385 g/mol. The maximum absolute atomic E-state index is 12.5. The van der Waals surface area contributed by atoms with Gasteiger partial charge in [-0.25, -0.2) is 0 Å². The van der Waals surface area contributed by atoms with Crippen molar-refractivity contribution in [2.24, 2.45) is 0 Å². The smallest absolute Gasteiger partial charge is 0.275 e. The molecule has 1 aromatic carbocycles. The van der Waals surface area contributed by atoms with Crippen LogP contribution in [-0.4, -0.2) is 55.0 Å². The number of quaternary nitrogens is 1. The topological polar surface area (TPSA) is 53.9 Å². The van der Waals surface area contributed by atoms with Crippen molar-refractivity contribution in [3.63, 3.8) is 0 Å². The third-order valence-corrected chi connectivity index (χ3v) is 5.03. The van der Waals surface area contributed by atoms with Crippen LogP contribution in [0.2, 0.25) is 10.0 Å². The molecule has 0 aromatic heterocycles. The Labute approximate surface area is 171 Å². The first-order valence-electron chi connectivity index (χ1n) is 9.21. The van der Waals surface area contributed by atoms with Crippen LogP contribution in [0.4, 0.5) is 0 Å². The molecule has 1 fully saturated rings. The Morgan fingerprint density at radius 1 is 1.19 bits per heavy atom. The van der Waals surface area contributed by atoms with Crippen molar-refractivity contribution in [3.8, 4) is 0 Å². The van der Waals surface area contributed by atoms with Gasteiger partial charge in [0.15, 0.2) is 6.54 Å². The first kappa shape index (κ1) is 21.7. The predicted molar refractivity (Wildman–Crippen MR) is 110 cm³/mol. The van der Waals surface area contributed by atoms with Crippen LogP contribution >= 0.6 is 23.2 Å². The maximum Gasteiger partial charge on any atom is 0.275 e. The van der Waals surface area contributed by atoms with E-state index in [2.05, 4.69) is 5.32 Å². The van der Waals surface area contributed by atoms with Gasteiger partial charge in [-0.3, -0.25) is 9.59 Å². The summed E-state index contributed by atoms with van der Waals surface area (Å²) in [5.41, 5.74) is 0.610. The Morgan fingerprint density at radius 2 is 1.93 bits per heavy atom. The minimum Gasteiger partial charge on any atom is -0.347 e. The SMILES string of the molecule is CC(C)(C)NC(=O)C[NH+]1CCCN(C(=O)/C=C/c2ccc(Cl)c(Cl)c2)CC1. The van der Waals surface area contributed by atoms with Crippen LogP contribution in [-0.2, 0) is 9.59 Å². The molecule has 0 radical (unpaired) electrons. The molecule has 2 amide bonds. The molecule has 0 saturated carbocycles. The molecule has 1 heterocycles. The fourth-order valence-electron chi connectivity index (χ4n) is 3.03. The number of carbonyl (C=O) groups is 2. The fraction of sp³-hybridized carbons (Fsp3) is 0.500. The van der Waals surface area contributed by atoms with Gasteiger partial charge in [0.1, 0.15) is 0 Å². The van der Waals surface area contributed by atoms with E-state index in [9.17, 15) is 9.59 Å². The number of nitrogens with one attached hydrogen (secondary N) is 2. The Bertz CT molecular complexity index is 714. The average molecular weight is 413 g/mol. The van der Waals surface area contributed by atoms with Crippen molar-refractivity contribution in [1.29, 1.82) is 0 Å². The average Bonchev–Trinajstić information content (AvgIpc) is 2.79. The standard InChI is InChI=1S/C20H27Cl2N3O2/c1-20(2,3)23-18(26)14-24-9-4-10-25(12-11-24)19(27)8-6-15-5-7-16(21)17(22)13-15/h5-8,13H,4,9-12,14H2,1-3H3,(H,23,26)/p+1/b8-6+. The van der Waals surface area contributed by atoms with Crippen LogP contribution in [0.15, 0.2) is 24.3 Å². The molecule has 0 aliphatic carbocycles. The number of benzene rings is 1. The van der Waals surface area contributed by atoms with Crippen molar-refractivity contribution in [2.45, 2.75) is 32.7 Å². The summed E-state index contributed by atoms with van der Waals surface area (Å²) >= 11 is 11.9. The van der Waals surface area contributed by atoms with Crippen LogP contribution in [0.1, 0.15) is 32.8 Å². The van der Waals surface area contributed by atoms with E-state index in [1.165, 1.54) is 4.90 Å². The molecule has 0 spiro atoms. The molecule has 2 rings (SSSR count). The van der Waals surface area contributed by atoms with Gasteiger partial charge in [0.05, 0.1) is 29.7 Å². The number of amides is 2. The third-order valence-electron chi connectivity index (χ3n) is 4.29. The molecule has 148 valence electrons. The van der Waals surface area contributed by atoms with E-state index in [1.54, 1.807) is 24.3 Å². The predicted octanol–water partition coefficient (Wildman–Crippen LogP) is 2.04. The molecule has 0 bridgehead atoms. The van der Waals surface area contributed by atoms with Gasteiger partial charge in [-0.1, -0.05) is 29.3 Å². The lowest BCUT2D eigenvalue weighted by Crippen LogP contribution is -3.13. The van der Waals surface area contributed by atoms with Crippen molar-refractivity contribution in [2.75, 3.05) is 32.7 Å². The maximum atomic E-state index is 12.5. The number of hydrogen-bond acceptors (Lipinski definition) is 2. The zero-order valence-electron chi connectivity index (χ0n) is 16.1. The molecule has 1 aliphatic heterocycles. The summed E-state index contributed by atoms with van der Waals surface area (Å²) in [6, 6.07) is 5.26. The molecule has 1 unspecified atom stereocenters. The highest BCUT2D eigenvalue weighted by atomic mass is 35.5. The van der Waals surface area contributed by atoms with E-state index in [0.717, 1.165) is 25.1 Å². The summed E-state index contributed by atoms with van der Waals surface area (Å²) in [4.78, 5) is 27.7. The minimum atomic E-state index is -0.222. The monoisotopic (exact) mass is 412 g/mol. The summed E-state index contributed by atoms with van der Waals surface area (Å²) in [5, 5.41) is 3.95. The van der Waals surface area contributed by atoms with Crippen LogP contribution in [0.3, 0.4) is 0 Å². The molecule has 5 nitrogen and oxygen atoms in total. The number of hydrogen-bond donors (Lipinski definition) is 2. The largest absolute Gasteiger partial charge is 0.347 e. The number of rotatable bonds is 4. The number of halogens is 2. The lowest BCUT2D eigenvalue weighted by Gasteiger charge is -2.23. The Morgan fingerprint density at radius 3 is 2.59 bits per heavy atom. The van der Waals surface area contributed by atoms with Crippen LogP contribution in [0.25, 0.3) is 6.08 Å². The van der Waals surface area contributed by atoms with Crippen LogP contribution < -0.4 is 10.2 Å². The normalized spacial score (nSPS) is 18.4. The lowest BCUT2D eigenvalue weighted by atomic mass is 10.1. The second kappa shape index (κ2) is 9.58. The summed E-state index contributed by atoms with van der Waals surface area (Å²) in [7, 11) is 0. The Balaban J connectivity index is 1.87. The van der Waals surface area contributed by atoms with E-state index in [0.29, 0.717) is 29.7 Å². The van der Waals surface area contributed by atoms with Gasteiger partial charge in [0, 0.05) is 24.6 Å². The molecule has 27 heavy (non-hydrogen) atoms. The second-order valence-electron chi connectivity index (χ2n) is 7.91. The van der Waals surface area contributed by atoms with Crippen LogP contribution in [0, 0.1) is 0 Å².